The summed E-state index contributed by atoms with van der Waals surface area (Å²) in [5.41, 5.74) is 33.6. The predicted molar refractivity (Wildman–Crippen MR) is 416 cm³/mol. The third-order valence-corrected chi connectivity index (χ3v) is 20.5. The van der Waals surface area contributed by atoms with Gasteiger partial charge in [-0.25, -0.2) is 0 Å². The van der Waals surface area contributed by atoms with Gasteiger partial charge in [-0.05, 0) is 212 Å². The van der Waals surface area contributed by atoms with Crippen LogP contribution in [0.4, 0.5) is 0 Å². The molecule has 0 unspecified atom stereocenters. The van der Waals surface area contributed by atoms with Gasteiger partial charge in [-0.3, -0.25) is 0 Å². The molecule has 0 saturated heterocycles. The van der Waals surface area contributed by atoms with Crippen molar-refractivity contribution in [3.05, 3.63) is 324 Å². The maximum atomic E-state index is 7.13. The minimum Gasteiger partial charge on any atom is -0.458 e. The molecule has 0 aliphatic carbocycles. The Balaban J connectivity index is 0.000000151. The molecule has 0 bridgehead atoms. The SMILES string of the molecule is CC.Cc1ccccc1-c1ccc2c(c1)Oc1c(-c3ccccc3C)cc(-c3ccccc3C)c3c1B2c1ccc(-c2ccccc2)cc1O3.Cc1ccccc1-c1ccc2c(c1)Oc1c(-c3ccccc3C)cc(-c3ccccc3C)c3c1B2c1ccc(-c2ccccc2C)cc1O3. The number of ether oxygens (including phenoxy) is 4. The van der Waals surface area contributed by atoms with Gasteiger partial charge in [0.1, 0.15) is 46.0 Å². The van der Waals surface area contributed by atoms with Gasteiger partial charge in [0.2, 0.25) is 0 Å². The van der Waals surface area contributed by atoms with Gasteiger partial charge in [-0.15, -0.1) is 0 Å². The van der Waals surface area contributed by atoms with E-state index >= 15 is 0 Å². The summed E-state index contributed by atoms with van der Waals surface area (Å²) in [4.78, 5) is 0. The standard InChI is InChI=1S/C46H35BO2.C45H33BO2.C2H6/c1-28-13-5-9-17-34(28)32-21-23-40-42(25-32)48-45-38(36-19-11-7-15-30(36)3)27-39(37-20-12-8-16-31(37)4)46-44(45)47(40)41-24-22-33(26-43(41)49-46)35-18-10-6-14-29(35)2;1-28-13-7-10-18-34(28)33-22-24-40-42(26-33)48-45-38(36-20-12-9-15-30(36)3)27-37(35-19-11-8-14-29(35)2)44-43(45)46(40)39-23-21-32(25-41(39)47-44)31-16-5-4-6-17-31;1-2/h5-27H,1-4H3;4-27H,1-3H3;1-2H3. The summed E-state index contributed by atoms with van der Waals surface area (Å²) in [5.74, 6) is 7.02. The zero-order valence-electron chi connectivity index (χ0n) is 57.4. The van der Waals surface area contributed by atoms with Crippen molar-refractivity contribution in [1.82, 2.24) is 0 Å². The van der Waals surface area contributed by atoms with E-state index in [1.54, 1.807) is 0 Å². The average Bonchev–Trinajstić information content (AvgIpc) is 0.712. The summed E-state index contributed by atoms with van der Waals surface area (Å²) in [6.45, 7) is 19.1. The molecule has 14 aromatic carbocycles. The van der Waals surface area contributed by atoms with E-state index in [0.29, 0.717) is 0 Å². The van der Waals surface area contributed by atoms with Crippen LogP contribution in [-0.2, 0) is 0 Å². The van der Waals surface area contributed by atoms with Crippen molar-refractivity contribution in [1.29, 1.82) is 0 Å². The van der Waals surface area contributed by atoms with Crippen molar-refractivity contribution in [2.75, 3.05) is 0 Å². The van der Waals surface area contributed by atoms with Crippen molar-refractivity contribution in [2.24, 2.45) is 0 Å². The number of aryl methyl sites for hydroxylation is 7. The van der Waals surface area contributed by atoms with Crippen molar-refractivity contribution < 1.29 is 18.9 Å². The molecule has 99 heavy (non-hydrogen) atoms. The molecule has 0 atom stereocenters. The van der Waals surface area contributed by atoms with Crippen LogP contribution in [0.15, 0.2) is 285 Å². The van der Waals surface area contributed by atoms with Crippen LogP contribution < -0.4 is 51.7 Å². The van der Waals surface area contributed by atoms with E-state index in [2.05, 4.69) is 334 Å². The van der Waals surface area contributed by atoms with Gasteiger partial charge >= 0.3 is 0 Å². The molecule has 0 N–H and O–H groups in total. The van der Waals surface area contributed by atoms with Crippen molar-refractivity contribution in [3.8, 4) is 135 Å². The normalized spacial score (nSPS) is 12.2. The molecule has 4 aliphatic heterocycles. The smallest absolute Gasteiger partial charge is 0.260 e. The van der Waals surface area contributed by atoms with Crippen molar-refractivity contribution in [2.45, 2.75) is 62.3 Å². The molecule has 4 nitrogen and oxygen atoms in total. The first-order valence-electron chi connectivity index (χ1n) is 34.7. The Morgan fingerprint density at radius 1 is 0.192 bits per heavy atom. The lowest BCUT2D eigenvalue weighted by molar-refractivity contribution is 0.466. The van der Waals surface area contributed by atoms with E-state index in [-0.39, 0.29) is 13.4 Å². The highest BCUT2D eigenvalue weighted by atomic mass is 16.5. The molecule has 0 aromatic heterocycles. The summed E-state index contributed by atoms with van der Waals surface area (Å²) < 4.78 is 28.5. The molecule has 4 heterocycles. The molecule has 14 aromatic rings. The Morgan fingerprint density at radius 2 is 0.414 bits per heavy atom. The molecule has 0 fully saturated rings. The number of rotatable bonds is 8. The molecule has 18 rings (SSSR count). The molecule has 0 radical (unpaired) electrons. The van der Waals surface area contributed by atoms with Gasteiger partial charge in [0.05, 0.1) is 0 Å². The Bertz CT molecular complexity index is 5360. The Morgan fingerprint density at radius 3 is 0.677 bits per heavy atom. The number of benzene rings is 14. The fourth-order valence-electron chi connectivity index (χ4n) is 15.4. The Kier molecular flexibility index (Phi) is 16.2. The monoisotopic (exact) mass is 1280 g/mol. The van der Waals surface area contributed by atoms with Gasteiger partial charge in [-0.1, -0.05) is 263 Å². The first kappa shape index (κ1) is 62.2. The topological polar surface area (TPSA) is 36.9 Å². The maximum Gasteiger partial charge on any atom is 0.260 e. The number of hydrogen-bond acceptors (Lipinski definition) is 4. The van der Waals surface area contributed by atoms with Crippen LogP contribution in [0, 0.1) is 48.5 Å². The van der Waals surface area contributed by atoms with E-state index in [1.165, 1.54) is 61.2 Å². The van der Waals surface area contributed by atoms with Gasteiger partial charge in [0.25, 0.3) is 13.4 Å². The number of fused-ring (bicyclic) bond motifs is 8. The quantitative estimate of drug-likeness (QED) is 0.142. The van der Waals surface area contributed by atoms with Gasteiger partial charge in [0, 0.05) is 33.2 Å². The highest BCUT2D eigenvalue weighted by Gasteiger charge is 2.45. The lowest BCUT2D eigenvalue weighted by atomic mass is 9.34. The van der Waals surface area contributed by atoms with E-state index < -0.39 is 0 Å². The Hall–Kier alpha value is -11.6. The van der Waals surface area contributed by atoms with E-state index in [1.807, 2.05) is 13.8 Å². The van der Waals surface area contributed by atoms with Crippen molar-refractivity contribution in [3.63, 3.8) is 0 Å². The predicted octanol–water partition coefficient (Wildman–Crippen LogP) is 21.3. The van der Waals surface area contributed by atoms with E-state index in [0.717, 1.165) is 146 Å². The second-order valence-corrected chi connectivity index (χ2v) is 26.4. The molecule has 4 aliphatic rings. The maximum absolute atomic E-state index is 7.13. The molecule has 6 heteroatoms. The molecular formula is C93H74B2O4. The number of hydrogen-bond donors (Lipinski definition) is 0. The third-order valence-electron chi connectivity index (χ3n) is 20.5. The summed E-state index contributed by atoms with van der Waals surface area (Å²) in [6, 6.07) is 102. The molecule has 0 saturated carbocycles. The van der Waals surface area contributed by atoms with Crippen LogP contribution in [0.1, 0.15) is 52.8 Å². The summed E-state index contributed by atoms with van der Waals surface area (Å²) >= 11 is 0. The summed E-state index contributed by atoms with van der Waals surface area (Å²) in [5, 5.41) is 0. The fourth-order valence-corrected chi connectivity index (χ4v) is 15.4. The highest BCUT2D eigenvalue weighted by Crippen LogP contribution is 2.51. The Labute approximate surface area is 583 Å². The first-order chi connectivity index (χ1) is 48.5. The zero-order chi connectivity index (χ0) is 67.6. The minimum absolute atomic E-state index is 0.0648. The summed E-state index contributed by atoms with van der Waals surface area (Å²) in [7, 11) is 0. The van der Waals surface area contributed by atoms with Crippen LogP contribution in [0.2, 0.25) is 0 Å². The molecule has 0 spiro atoms. The lowest BCUT2D eigenvalue weighted by Gasteiger charge is -2.36. The second kappa shape index (κ2) is 25.8. The molecule has 476 valence electrons. The fraction of sp³-hybridized carbons (Fsp3) is 0.0968. The van der Waals surface area contributed by atoms with Gasteiger partial charge in [-0.2, -0.15) is 0 Å². The van der Waals surface area contributed by atoms with Gasteiger partial charge < -0.3 is 18.9 Å². The largest absolute Gasteiger partial charge is 0.458 e. The second-order valence-electron chi connectivity index (χ2n) is 26.4. The van der Waals surface area contributed by atoms with Crippen LogP contribution >= 0.6 is 0 Å². The third kappa shape index (κ3) is 10.9. The van der Waals surface area contributed by atoms with Crippen LogP contribution in [0.25, 0.3) is 89.0 Å². The summed E-state index contributed by atoms with van der Waals surface area (Å²) in [6.07, 6.45) is 0. The van der Waals surface area contributed by atoms with Gasteiger partial charge in [0.15, 0.2) is 0 Å². The highest BCUT2D eigenvalue weighted by molar-refractivity contribution is 6.99. The van der Waals surface area contributed by atoms with E-state index in [4.69, 9.17) is 18.9 Å². The van der Waals surface area contributed by atoms with Crippen molar-refractivity contribution >= 4 is 46.2 Å². The lowest BCUT2D eigenvalue weighted by Crippen LogP contribution is -2.57. The molecule has 0 amide bonds. The minimum atomic E-state index is -0.0684. The first-order valence-corrected chi connectivity index (χ1v) is 34.7. The zero-order valence-corrected chi connectivity index (χ0v) is 57.4. The molecular weight excluding hydrogens is 1200 g/mol. The average molecular weight is 1280 g/mol. The van der Waals surface area contributed by atoms with Crippen LogP contribution in [0.3, 0.4) is 0 Å². The van der Waals surface area contributed by atoms with Crippen LogP contribution in [0.5, 0.6) is 46.0 Å². The van der Waals surface area contributed by atoms with Crippen LogP contribution in [-0.4, -0.2) is 13.4 Å². The van der Waals surface area contributed by atoms with E-state index in [9.17, 15) is 0 Å².